The number of carbonyl (C=O) groups excluding carboxylic acids is 1. The van der Waals surface area contributed by atoms with Crippen LogP contribution in [0.1, 0.15) is 29.6 Å². The highest BCUT2D eigenvalue weighted by Crippen LogP contribution is 2.23. The van der Waals surface area contributed by atoms with Gasteiger partial charge in [-0.2, -0.15) is 0 Å². The second-order valence-corrected chi connectivity index (χ2v) is 4.97. The highest BCUT2D eigenvalue weighted by atomic mass is 35.5. The number of rotatable bonds is 5. The fourth-order valence-corrected chi connectivity index (χ4v) is 2.44. The first kappa shape index (κ1) is 13.2. The van der Waals surface area contributed by atoms with Gasteiger partial charge in [-0.15, -0.1) is 0 Å². The molecule has 1 aliphatic rings. The van der Waals surface area contributed by atoms with E-state index in [0.717, 1.165) is 25.2 Å². The molecule has 1 aromatic rings. The van der Waals surface area contributed by atoms with Crippen LogP contribution in [-0.2, 0) is 0 Å². The van der Waals surface area contributed by atoms with E-state index in [4.69, 9.17) is 17.3 Å². The minimum Gasteiger partial charge on any atom is -0.384 e. The molecule has 1 amide bonds. The molecule has 98 valence electrons. The van der Waals surface area contributed by atoms with Crippen LogP contribution in [0.2, 0.25) is 5.02 Å². The summed E-state index contributed by atoms with van der Waals surface area (Å²) in [4.78, 5) is 11.0. The molecule has 0 unspecified atom stereocenters. The summed E-state index contributed by atoms with van der Waals surface area (Å²) in [6.07, 6.45) is 3.59. The maximum atomic E-state index is 11.0. The molecule has 4 N–H and O–H groups in total. The van der Waals surface area contributed by atoms with Crippen molar-refractivity contribution in [2.75, 3.05) is 18.4 Å². The van der Waals surface area contributed by atoms with Gasteiger partial charge in [-0.25, -0.2) is 0 Å². The number of halogens is 1. The molecule has 4 nitrogen and oxygen atoms in total. The Morgan fingerprint density at radius 1 is 1.56 bits per heavy atom. The van der Waals surface area contributed by atoms with Gasteiger partial charge in [0.05, 0.1) is 10.7 Å². The van der Waals surface area contributed by atoms with Crippen LogP contribution in [-0.4, -0.2) is 25.0 Å². The van der Waals surface area contributed by atoms with Gasteiger partial charge in [0, 0.05) is 18.2 Å². The van der Waals surface area contributed by atoms with Gasteiger partial charge in [-0.3, -0.25) is 4.79 Å². The van der Waals surface area contributed by atoms with Crippen LogP contribution in [0, 0.1) is 0 Å². The zero-order valence-corrected chi connectivity index (χ0v) is 11.0. The highest BCUT2D eigenvalue weighted by molar-refractivity contribution is 6.33. The molecule has 5 heteroatoms. The van der Waals surface area contributed by atoms with Crippen molar-refractivity contribution in [2.24, 2.45) is 5.73 Å². The number of anilines is 1. The molecular weight excluding hydrogens is 250 g/mol. The monoisotopic (exact) mass is 267 g/mol. The largest absolute Gasteiger partial charge is 0.384 e. The van der Waals surface area contributed by atoms with Crippen LogP contribution < -0.4 is 16.4 Å². The molecule has 1 aliphatic heterocycles. The van der Waals surface area contributed by atoms with Crippen LogP contribution in [0.5, 0.6) is 0 Å². The smallest absolute Gasteiger partial charge is 0.248 e. The lowest BCUT2D eigenvalue weighted by atomic mass is 10.1. The van der Waals surface area contributed by atoms with Gasteiger partial charge in [0.25, 0.3) is 0 Å². The summed E-state index contributed by atoms with van der Waals surface area (Å²) in [6, 6.07) is 5.69. The second-order valence-electron chi connectivity index (χ2n) is 4.57. The molecule has 1 atom stereocenters. The van der Waals surface area contributed by atoms with Crippen molar-refractivity contribution in [3.05, 3.63) is 28.8 Å². The van der Waals surface area contributed by atoms with Crippen LogP contribution >= 0.6 is 11.6 Å². The molecule has 1 saturated heterocycles. The topological polar surface area (TPSA) is 67.2 Å². The molecule has 0 aliphatic carbocycles. The van der Waals surface area contributed by atoms with E-state index in [0.29, 0.717) is 16.6 Å². The third-order valence-electron chi connectivity index (χ3n) is 3.22. The maximum absolute atomic E-state index is 11.0. The number of amides is 1. The first-order valence-electron chi connectivity index (χ1n) is 6.23. The van der Waals surface area contributed by atoms with Crippen molar-refractivity contribution in [1.29, 1.82) is 0 Å². The van der Waals surface area contributed by atoms with E-state index in [9.17, 15) is 4.79 Å². The van der Waals surface area contributed by atoms with Crippen molar-refractivity contribution in [1.82, 2.24) is 5.32 Å². The van der Waals surface area contributed by atoms with Gasteiger partial charge in [-0.05, 0) is 44.0 Å². The van der Waals surface area contributed by atoms with Gasteiger partial charge < -0.3 is 16.4 Å². The molecular formula is C13H18ClN3O. The van der Waals surface area contributed by atoms with Crippen molar-refractivity contribution in [3.8, 4) is 0 Å². The lowest BCUT2D eigenvalue weighted by molar-refractivity contribution is 0.100. The molecule has 18 heavy (non-hydrogen) atoms. The summed E-state index contributed by atoms with van der Waals surface area (Å²) in [6.45, 7) is 1.99. The molecule has 0 bridgehead atoms. The lowest BCUT2D eigenvalue weighted by Gasteiger charge is -2.12. The Morgan fingerprint density at radius 3 is 3.00 bits per heavy atom. The number of benzene rings is 1. The number of carbonyl (C=O) groups is 1. The first-order chi connectivity index (χ1) is 8.66. The van der Waals surface area contributed by atoms with Crippen LogP contribution in [0.25, 0.3) is 0 Å². The molecule has 1 heterocycles. The predicted molar refractivity (Wildman–Crippen MR) is 74.1 cm³/mol. The van der Waals surface area contributed by atoms with Gasteiger partial charge >= 0.3 is 0 Å². The zero-order chi connectivity index (χ0) is 13.0. The Balaban J connectivity index is 1.87. The Morgan fingerprint density at radius 2 is 2.39 bits per heavy atom. The van der Waals surface area contributed by atoms with E-state index in [1.54, 1.807) is 18.2 Å². The zero-order valence-electron chi connectivity index (χ0n) is 10.2. The van der Waals surface area contributed by atoms with Crippen LogP contribution in [0.3, 0.4) is 0 Å². The van der Waals surface area contributed by atoms with Gasteiger partial charge in [0.2, 0.25) is 5.91 Å². The number of nitrogens with one attached hydrogen (secondary N) is 2. The summed E-state index contributed by atoms with van der Waals surface area (Å²) in [5, 5.41) is 7.26. The molecule has 0 spiro atoms. The third-order valence-corrected chi connectivity index (χ3v) is 3.54. The van der Waals surface area contributed by atoms with E-state index < -0.39 is 5.91 Å². The Bertz CT molecular complexity index is 430. The summed E-state index contributed by atoms with van der Waals surface area (Å²) in [7, 11) is 0. The lowest BCUT2D eigenvalue weighted by Crippen LogP contribution is -2.24. The highest BCUT2D eigenvalue weighted by Gasteiger charge is 2.13. The Labute approximate surface area is 112 Å². The number of primary amides is 1. The molecule has 0 aromatic heterocycles. The summed E-state index contributed by atoms with van der Waals surface area (Å²) in [5.41, 5.74) is 6.47. The van der Waals surface area contributed by atoms with E-state index in [1.165, 1.54) is 12.8 Å². The van der Waals surface area contributed by atoms with Gasteiger partial charge in [0.15, 0.2) is 0 Å². The quantitative estimate of drug-likeness (QED) is 0.764. The van der Waals surface area contributed by atoms with E-state index in [2.05, 4.69) is 10.6 Å². The second kappa shape index (κ2) is 6.07. The van der Waals surface area contributed by atoms with Gasteiger partial charge in [0.1, 0.15) is 0 Å². The van der Waals surface area contributed by atoms with Crippen LogP contribution in [0.4, 0.5) is 5.69 Å². The average Bonchev–Trinajstić information content (AvgIpc) is 2.84. The molecule has 0 radical (unpaired) electrons. The van der Waals surface area contributed by atoms with Crippen molar-refractivity contribution in [2.45, 2.75) is 25.3 Å². The van der Waals surface area contributed by atoms with Crippen LogP contribution in [0.15, 0.2) is 18.2 Å². The number of hydrogen-bond donors (Lipinski definition) is 3. The summed E-state index contributed by atoms with van der Waals surface area (Å²) < 4.78 is 0. The molecule has 1 aromatic carbocycles. The standard InChI is InChI=1S/C13H18ClN3O/c14-11-8-9(13(15)18)3-4-12(11)17-7-5-10-2-1-6-16-10/h3-4,8,10,16-17H,1-2,5-7H2,(H2,15,18)/t10-/m0/s1. The maximum Gasteiger partial charge on any atom is 0.248 e. The average molecular weight is 268 g/mol. The third kappa shape index (κ3) is 3.37. The van der Waals surface area contributed by atoms with E-state index in [1.807, 2.05) is 0 Å². The predicted octanol–water partition coefficient (Wildman–Crippen LogP) is 1.99. The molecule has 1 fully saturated rings. The van der Waals surface area contributed by atoms with Crippen molar-refractivity contribution < 1.29 is 4.79 Å². The minimum atomic E-state index is -0.460. The van der Waals surface area contributed by atoms with E-state index >= 15 is 0 Å². The molecule has 2 rings (SSSR count). The van der Waals surface area contributed by atoms with Crippen molar-refractivity contribution >= 4 is 23.2 Å². The Kier molecular flexibility index (Phi) is 4.44. The van der Waals surface area contributed by atoms with E-state index in [-0.39, 0.29) is 0 Å². The minimum absolute atomic E-state index is 0.433. The van der Waals surface area contributed by atoms with Crippen molar-refractivity contribution in [3.63, 3.8) is 0 Å². The molecule has 0 saturated carbocycles. The number of nitrogens with two attached hydrogens (primary N) is 1. The van der Waals surface area contributed by atoms with Gasteiger partial charge in [-0.1, -0.05) is 11.6 Å². The first-order valence-corrected chi connectivity index (χ1v) is 6.61. The summed E-state index contributed by atoms with van der Waals surface area (Å²) in [5.74, 6) is -0.460. The number of hydrogen-bond acceptors (Lipinski definition) is 3. The summed E-state index contributed by atoms with van der Waals surface area (Å²) >= 11 is 6.08. The fraction of sp³-hybridized carbons (Fsp3) is 0.462. The SMILES string of the molecule is NC(=O)c1ccc(NCC[C@@H]2CCCN2)c(Cl)c1. The fourth-order valence-electron chi connectivity index (χ4n) is 2.20. The Hall–Kier alpha value is -1.26. The normalized spacial score (nSPS) is 18.8.